The van der Waals surface area contributed by atoms with E-state index in [1.54, 1.807) is 0 Å². The van der Waals surface area contributed by atoms with Crippen molar-refractivity contribution in [2.24, 2.45) is 0 Å². The fourth-order valence-electron chi connectivity index (χ4n) is 15.5. The molecular formula is C104H144O8Se8. The van der Waals surface area contributed by atoms with Crippen LogP contribution in [-0.2, 0) is 128 Å². The summed E-state index contributed by atoms with van der Waals surface area (Å²) in [7, 11) is 15.2. The first-order chi connectivity index (χ1) is 56.2. The molecule has 9 rings (SSSR count). The monoisotopic (exact) mass is 2160 g/mol. The number of fused-ring (bicyclic) bond motifs is 16. The van der Waals surface area contributed by atoms with E-state index in [2.05, 4.69) is 263 Å². The maximum atomic E-state index is 6.59. The van der Waals surface area contributed by atoms with Gasteiger partial charge in [0.05, 0.1) is 0 Å². The van der Waals surface area contributed by atoms with E-state index in [9.17, 15) is 0 Å². The van der Waals surface area contributed by atoms with Crippen molar-refractivity contribution in [2.45, 2.75) is 295 Å². The first-order valence-electron chi connectivity index (χ1n) is 42.4. The molecule has 1 aliphatic rings. The fourth-order valence-corrected chi connectivity index (χ4v) is 31.8. The molecule has 8 aromatic rings. The molecule has 656 valence electrons. The SMILES string of the molecule is COc1c2cc(C(C)(C)C)cc1C[Se]Cc1cc(C(C)(C)C)cc(c1OC)C[Se]Cc1cc(C(C)(C)C)cc(c1OC)C[Se]Cc1cc(C(C)(C)C)cc(c1OC)C[Se]Cc1cc(C(C)(C)C)cc(c1OC)C[Se]Cc1cc(C(C)(C)C)cc(c1OC)C[Se]Cc1cc(C(C)(C)C)cc(c1OC)C[Se]Cc1cc(C(C)(C)C)cc(c1OC)C[Se]C2. The van der Waals surface area contributed by atoms with Crippen LogP contribution in [0.25, 0.3) is 0 Å². The molecule has 0 amide bonds. The van der Waals surface area contributed by atoms with E-state index in [1.807, 2.05) is 56.9 Å². The van der Waals surface area contributed by atoms with Crippen LogP contribution in [0.2, 0.25) is 0 Å². The van der Waals surface area contributed by atoms with Gasteiger partial charge in [0.15, 0.2) is 0 Å². The molecule has 16 bridgehead atoms. The van der Waals surface area contributed by atoms with Crippen LogP contribution in [0, 0.1) is 0 Å². The topological polar surface area (TPSA) is 73.8 Å². The Morgan fingerprint density at radius 2 is 0.208 bits per heavy atom. The molecule has 0 saturated carbocycles. The fraction of sp³-hybridized carbons (Fsp3) is 0.538. The predicted octanol–water partition coefficient (Wildman–Crippen LogP) is 21.7. The van der Waals surface area contributed by atoms with Crippen molar-refractivity contribution in [3.63, 3.8) is 0 Å². The van der Waals surface area contributed by atoms with Crippen molar-refractivity contribution in [3.8, 4) is 46.0 Å². The molecule has 1 aliphatic heterocycles. The second-order valence-electron chi connectivity index (χ2n) is 40.6. The van der Waals surface area contributed by atoms with Crippen LogP contribution in [0.15, 0.2) is 97.1 Å². The van der Waals surface area contributed by atoms with Gasteiger partial charge in [-0.1, -0.05) is 0 Å². The van der Waals surface area contributed by atoms with Crippen LogP contribution >= 0.6 is 0 Å². The first-order valence-corrected chi connectivity index (χ1v) is 61.8. The van der Waals surface area contributed by atoms with Gasteiger partial charge in [0.2, 0.25) is 0 Å². The van der Waals surface area contributed by atoms with Gasteiger partial charge in [-0.05, 0) is 0 Å². The third-order valence-corrected chi connectivity index (χ3v) is 39.9. The van der Waals surface area contributed by atoms with Gasteiger partial charge in [-0.3, -0.25) is 0 Å². The van der Waals surface area contributed by atoms with Crippen LogP contribution in [0.1, 0.15) is 300 Å². The molecule has 0 N–H and O–H groups in total. The van der Waals surface area contributed by atoms with Gasteiger partial charge in [-0.15, -0.1) is 0 Å². The summed E-state index contributed by atoms with van der Waals surface area (Å²) in [6.45, 7) is 56.6. The van der Waals surface area contributed by atoms with Crippen LogP contribution in [0.4, 0.5) is 0 Å². The molecule has 0 fully saturated rings. The third-order valence-electron chi connectivity index (χ3n) is 22.6. The minimum absolute atomic E-state index is 0.0388. The van der Waals surface area contributed by atoms with Crippen molar-refractivity contribution in [3.05, 3.63) is 231 Å². The Morgan fingerprint density at radius 1 is 0.142 bits per heavy atom. The summed E-state index contributed by atoms with van der Waals surface area (Å²) in [5.41, 5.74) is 31.8. The molecule has 0 aromatic heterocycles. The molecule has 8 nitrogen and oxygen atoms in total. The Balaban J connectivity index is 1.11. The Morgan fingerprint density at radius 3 is 0.258 bits per heavy atom. The molecule has 8 aromatic carbocycles. The zero-order valence-electron chi connectivity index (χ0n) is 79.1. The molecule has 0 radical (unpaired) electrons. The van der Waals surface area contributed by atoms with Crippen molar-refractivity contribution in [1.29, 1.82) is 0 Å². The van der Waals surface area contributed by atoms with E-state index in [-0.39, 0.29) is 163 Å². The number of rotatable bonds is 8. The van der Waals surface area contributed by atoms with Gasteiger partial charge in [0.1, 0.15) is 0 Å². The molecule has 16 heteroatoms. The van der Waals surface area contributed by atoms with E-state index in [4.69, 9.17) is 37.9 Å². The van der Waals surface area contributed by atoms with E-state index >= 15 is 0 Å². The van der Waals surface area contributed by atoms with Gasteiger partial charge < -0.3 is 0 Å². The third kappa shape index (κ3) is 26.3. The van der Waals surface area contributed by atoms with Gasteiger partial charge in [0, 0.05) is 0 Å². The average Bonchev–Trinajstić information content (AvgIpc) is 0.760. The van der Waals surface area contributed by atoms with Crippen LogP contribution in [0.3, 0.4) is 0 Å². The molecule has 0 saturated heterocycles. The summed E-state index contributed by atoms with van der Waals surface area (Å²) < 4.78 is 52.7. The first kappa shape index (κ1) is 100. The number of benzene rings is 8. The second-order valence-corrected chi connectivity index (χ2v) is 57.1. The van der Waals surface area contributed by atoms with Crippen molar-refractivity contribution >= 4 is 120 Å². The summed E-state index contributed by atoms with van der Waals surface area (Å²) in [6.07, 6.45) is 0. The van der Waals surface area contributed by atoms with Gasteiger partial charge in [0.25, 0.3) is 0 Å². The molecule has 120 heavy (non-hydrogen) atoms. The molecule has 1 heterocycles. The molecule has 0 spiro atoms. The molecular weight excluding hydrogens is 2010 g/mol. The summed E-state index contributed by atoms with van der Waals surface area (Å²) in [5, 5.41) is 15.4. The minimum atomic E-state index is -0.0388. The van der Waals surface area contributed by atoms with Crippen LogP contribution in [0.5, 0.6) is 46.0 Å². The zero-order chi connectivity index (χ0) is 88.4. The van der Waals surface area contributed by atoms with E-state index < -0.39 is 0 Å². The summed E-state index contributed by atoms with van der Waals surface area (Å²) in [6, 6.07) is 39.5. The standard InChI is InChI=1S/C104H144O8Se8/c1-97(2,3)81-33-65-49-113-51-67-35-82(98(4,5)6)37-69(90(67)106-26)53-115-55-71-39-84(100(10,11)12)41-73(92(71)108-28)57-117-59-75-43-86(102(16,17)18)45-77(94(75)110-30)61-119-63-79-47-88(104(22,23)24)48-80(96(79)112-32)64-120-62-78-46-87(103(19,20)21)44-76(95(78)111-31)60-118-58-74-42-85(101(13,14)15)40-72(93(74)109-29)56-116-54-70-38-83(99(7,8)9)36-68(91(70)107-27)52-114-50-66(34-81)89(65)105-25/h33-48H,49-64H2,1-32H3. The normalized spacial score (nSPS) is 15.2. The maximum absolute atomic E-state index is 6.59. The van der Waals surface area contributed by atoms with Crippen molar-refractivity contribution in [1.82, 2.24) is 0 Å². The quantitative estimate of drug-likeness (QED) is 0.139. The average molecular weight is 2150 g/mol. The molecule has 0 aliphatic carbocycles. The zero-order valence-corrected chi connectivity index (χ0v) is 92.8. The van der Waals surface area contributed by atoms with Gasteiger partial charge in [-0.2, -0.15) is 0 Å². The Kier molecular flexibility index (Phi) is 35.4. The predicted molar refractivity (Wildman–Crippen MR) is 519 cm³/mol. The van der Waals surface area contributed by atoms with Gasteiger partial charge in [-0.25, -0.2) is 0 Å². The van der Waals surface area contributed by atoms with Crippen molar-refractivity contribution in [2.75, 3.05) is 56.9 Å². The number of hydrogen-bond acceptors (Lipinski definition) is 8. The van der Waals surface area contributed by atoms with E-state index in [1.165, 1.54) is 134 Å². The second kappa shape index (κ2) is 42.5. The van der Waals surface area contributed by atoms with Crippen molar-refractivity contribution < 1.29 is 37.9 Å². The summed E-state index contributed by atoms with van der Waals surface area (Å²) in [5.74, 6) is 8.49. The molecule has 0 unspecified atom stereocenters. The number of methoxy groups -OCH3 is 8. The van der Waals surface area contributed by atoms with Crippen LogP contribution < -0.4 is 37.9 Å². The number of hydrogen-bond donors (Lipinski definition) is 0. The summed E-state index contributed by atoms with van der Waals surface area (Å²) >= 11 is 1.72. The van der Waals surface area contributed by atoms with E-state index in [0.717, 1.165) is 131 Å². The molecule has 0 atom stereocenters. The Bertz CT molecular complexity index is 3720. The number of ether oxygens (including phenoxy) is 8. The Hall–Kier alpha value is -3.68. The Labute approximate surface area is 777 Å². The van der Waals surface area contributed by atoms with E-state index in [0.29, 0.717) is 0 Å². The summed E-state index contributed by atoms with van der Waals surface area (Å²) in [4.78, 5) is 0. The van der Waals surface area contributed by atoms with Gasteiger partial charge >= 0.3 is 786 Å². The van der Waals surface area contributed by atoms with Crippen LogP contribution in [-0.4, -0.2) is 177 Å².